The van der Waals surface area contributed by atoms with Gasteiger partial charge in [-0.15, -0.1) is 6.42 Å². The van der Waals surface area contributed by atoms with Crippen LogP contribution in [-0.2, 0) is 7.05 Å². The number of aryl methyl sites for hydroxylation is 1. The molecule has 80 valence electrons. The van der Waals surface area contributed by atoms with Crippen molar-refractivity contribution in [2.45, 2.75) is 5.92 Å². The summed E-state index contributed by atoms with van der Waals surface area (Å²) in [6.45, 7) is 0. The highest BCUT2D eigenvalue weighted by Gasteiger charge is 2.13. The maximum Gasteiger partial charge on any atom is 0.123 e. The lowest BCUT2D eigenvalue weighted by molar-refractivity contribution is 0.626. The van der Waals surface area contributed by atoms with Crippen LogP contribution in [0.1, 0.15) is 17.2 Å². The van der Waals surface area contributed by atoms with Gasteiger partial charge in [-0.2, -0.15) is 0 Å². The normalized spacial score (nSPS) is 12.1. The second-order valence-electron chi connectivity index (χ2n) is 3.70. The Labute approximate surface area is 94.5 Å². The lowest BCUT2D eigenvalue weighted by Gasteiger charge is -2.12. The quantitative estimate of drug-likeness (QED) is 0.676. The Morgan fingerprint density at radius 2 is 1.94 bits per heavy atom. The minimum absolute atomic E-state index is 0.124. The molecule has 2 heteroatoms. The van der Waals surface area contributed by atoms with Gasteiger partial charge in [-0.3, -0.25) is 0 Å². The van der Waals surface area contributed by atoms with E-state index in [-0.39, 0.29) is 11.7 Å². The summed E-state index contributed by atoms with van der Waals surface area (Å²) in [6.07, 6.45) is 7.49. The van der Waals surface area contributed by atoms with Crippen molar-refractivity contribution >= 4 is 0 Å². The monoisotopic (exact) mass is 213 g/mol. The zero-order valence-electron chi connectivity index (χ0n) is 9.02. The molecule has 0 fully saturated rings. The molecule has 0 amide bonds. The molecule has 0 bridgehead atoms. The highest BCUT2D eigenvalue weighted by molar-refractivity contribution is 5.36. The van der Waals surface area contributed by atoms with Crippen molar-refractivity contribution < 1.29 is 4.39 Å². The molecule has 0 spiro atoms. The first-order chi connectivity index (χ1) is 7.72. The van der Waals surface area contributed by atoms with Crippen molar-refractivity contribution in [3.8, 4) is 12.3 Å². The fraction of sp³-hybridized carbons (Fsp3) is 0.143. The number of nitrogens with zero attached hydrogens (tertiary/aromatic N) is 1. The molecule has 1 aromatic heterocycles. The third kappa shape index (κ3) is 1.85. The van der Waals surface area contributed by atoms with Crippen molar-refractivity contribution in [2.75, 3.05) is 0 Å². The van der Waals surface area contributed by atoms with Gasteiger partial charge in [0, 0.05) is 18.9 Å². The molecule has 0 aliphatic rings. The van der Waals surface area contributed by atoms with Crippen molar-refractivity contribution in [3.05, 3.63) is 59.7 Å². The molecule has 2 aromatic rings. The van der Waals surface area contributed by atoms with Gasteiger partial charge in [-0.05, 0) is 29.8 Å². The van der Waals surface area contributed by atoms with Crippen LogP contribution in [0, 0.1) is 18.2 Å². The zero-order valence-corrected chi connectivity index (χ0v) is 9.02. The average molecular weight is 213 g/mol. The molecule has 1 atom stereocenters. The average Bonchev–Trinajstić information content (AvgIpc) is 2.69. The van der Waals surface area contributed by atoms with Gasteiger partial charge in [0.1, 0.15) is 5.82 Å². The first kappa shape index (κ1) is 10.5. The van der Waals surface area contributed by atoms with Crippen LogP contribution in [0.2, 0.25) is 0 Å². The molecule has 0 saturated heterocycles. The van der Waals surface area contributed by atoms with Crippen LogP contribution in [0.4, 0.5) is 4.39 Å². The van der Waals surface area contributed by atoms with Gasteiger partial charge >= 0.3 is 0 Å². The molecular weight excluding hydrogens is 201 g/mol. The Morgan fingerprint density at radius 3 is 2.44 bits per heavy atom. The summed E-state index contributed by atoms with van der Waals surface area (Å²) in [5.41, 5.74) is 1.97. The Hall–Kier alpha value is -2.01. The highest BCUT2D eigenvalue weighted by Crippen LogP contribution is 2.23. The van der Waals surface area contributed by atoms with E-state index >= 15 is 0 Å². The van der Waals surface area contributed by atoms with Crippen LogP contribution in [0.15, 0.2) is 42.6 Å². The Balaban J connectivity index is 2.42. The van der Waals surface area contributed by atoms with Crippen molar-refractivity contribution in [1.29, 1.82) is 0 Å². The number of hydrogen-bond acceptors (Lipinski definition) is 0. The van der Waals surface area contributed by atoms with E-state index in [0.29, 0.717) is 0 Å². The van der Waals surface area contributed by atoms with Gasteiger partial charge in [0.05, 0.1) is 5.92 Å². The first-order valence-electron chi connectivity index (χ1n) is 5.05. The molecule has 0 radical (unpaired) electrons. The largest absolute Gasteiger partial charge is 0.353 e. The van der Waals surface area contributed by atoms with Crippen molar-refractivity contribution in [2.24, 2.45) is 7.05 Å². The van der Waals surface area contributed by atoms with Gasteiger partial charge in [0.15, 0.2) is 0 Å². The minimum Gasteiger partial charge on any atom is -0.353 e. The summed E-state index contributed by atoms with van der Waals surface area (Å²) in [7, 11) is 1.95. The summed E-state index contributed by atoms with van der Waals surface area (Å²) in [4.78, 5) is 0. The number of rotatable bonds is 2. The van der Waals surface area contributed by atoms with Crippen LogP contribution < -0.4 is 0 Å². The molecule has 0 aliphatic carbocycles. The molecule has 1 nitrogen and oxygen atoms in total. The van der Waals surface area contributed by atoms with Gasteiger partial charge < -0.3 is 4.57 Å². The van der Waals surface area contributed by atoms with Crippen LogP contribution in [0.5, 0.6) is 0 Å². The fourth-order valence-electron chi connectivity index (χ4n) is 1.78. The zero-order chi connectivity index (χ0) is 11.5. The summed E-state index contributed by atoms with van der Waals surface area (Å²) in [6, 6.07) is 10.3. The lowest BCUT2D eigenvalue weighted by Crippen LogP contribution is -2.03. The molecule has 0 N–H and O–H groups in total. The maximum absolute atomic E-state index is 12.8. The van der Waals surface area contributed by atoms with Crippen LogP contribution in [-0.4, -0.2) is 4.57 Å². The Morgan fingerprint density at radius 1 is 1.25 bits per heavy atom. The SMILES string of the molecule is C#CC(c1ccc(F)cc1)c1cccn1C. The van der Waals surface area contributed by atoms with E-state index in [1.54, 1.807) is 12.1 Å². The predicted molar refractivity (Wildman–Crippen MR) is 62.5 cm³/mol. The van der Waals surface area contributed by atoms with Gasteiger partial charge in [-0.1, -0.05) is 18.1 Å². The lowest BCUT2D eigenvalue weighted by atomic mass is 9.96. The number of benzene rings is 1. The molecule has 16 heavy (non-hydrogen) atoms. The third-order valence-corrected chi connectivity index (χ3v) is 2.65. The van der Waals surface area contributed by atoms with Crippen LogP contribution in [0.25, 0.3) is 0 Å². The standard InChI is InChI=1S/C14H12FN/c1-3-13(14-5-4-10-16(14)2)11-6-8-12(15)9-7-11/h1,4-10,13H,2H3. The fourth-order valence-corrected chi connectivity index (χ4v) is 1.78. The van der Waals surface area contributed by atoms with E-state index in [9.17, 15) is 4.39 Å². The van der Waals surface area contributed by atoms with Crippen LogP contribution in [0.3, 0.4) is 0 Å². The molecule has 1 heterocycles. The second kappa shape index (κ2) is 4.24. The highest BCUT2D eigenvalue weighted by atomic mass is 19.1. The number of hydrogen-bond donors (Lipinski definition) is 0. The number of terminal acetylenes is 1. The molecule has 2 rings (SSSR count). The van der Waals surface area contributed by atoms with E-state index in [2.05, 4.69) is 5.92 Å². The Kier molecular flexibility index (Phi) is 2.78. The molecule has 1 aromatic carbocycles. The number of halogens is 1. The van der Waals surface area contributed by atoms with E-state index in [0.717, 1.165) is 11.3 Å². The Bertz CT molecular complexity index is 516. The third-order valence-electron chi connectivity index (χ3n) is 2.65. The molecular formula is C14H12FN. The number of aromatic nitrogens is 1. The summed E-state index contributed by atoms with van der Waals surface area (Å²) < 4.78 is 14.8. The molecule has 1 unspecified atom stereocenters. The minimum atomic E-state index is -0.244. The van der Waals surface area contributed by atoms with E-state index in [1.807, 2.05) is 29.9 Å². The molecule has 0 saturated carbocycles. The van der Waals surface area contributed by atoms with Gasteiger partial charge in [-0.25, -0.2) is 4.39 Å². The topological polar surface area (TPSA) is 4.93 Å². The van der Waals surface area contributed by atoms with E-state index in [4.69, 9.17) is 6.42 Å². The summed E-state index contributed by atoms with van der Waals surface area (Å²) in [5.74, 6) is 2.37. The predicted octanol–water partition coefficient (Wildman–Crippen LogP) is 2.93. The first-order valence-corrected chi connectivity index (χ1v) is 5.05. The second-order valence-corrected chi connectivity index (χ2v) is 3.70. The smallest absolute Gasteiger partial charge is 0.123 e. The molecule has 0 aliphatic heterocycles. The van der Waals surface area contributed by atoms with E-state index < -0.39 is 0 Å². The summed E-state index contributed by atoms with van der Waals surface area (Å²) in [5, 5.41) is 0. The van der Waals surface area contributed by atoms with Crippen molar-refractivity contribution in [1.82, 2.24) is 4.57 Å². The van der Waals surface area contributed by atoms with Crippen LogP contribution >= 0.6 is 0 Å². The maximum atomic E-state index is 12.8. The van der Waals surface area contributed by atoms with Crippen molar-refractivity contribution in [3.63, 3.8) is 0 Å². The van der Waals surface area contributed by atoms with Gasteiger partial charge in [0.25, 0.3) is 0 Å². The van der Waals surface area contributed by atoms with E-state index in [1.165, 1.54) is 12.1 Å². The summed E-state index contributed by atoms with van der Waals surface area (Å²) >= 11 is 0. The van der Waals surface area contributed by atoms with Gasteiger partial charge in [0.2, 0.25) is 0 Å².